The summed E-state index contributed by atoms with van der Waals surface area (Å²) in [4.78, 5) is 22.6. The first-order valence-electron chi connectivity index (χ1n) is 6.60. The summed E-state index contributed by atoms with van der Waals surface area (Å²) >= 11 is 1.36. The highest BCUT2D eigenvalue weighted by atomic mass is 32.2. The molecule has 1 aromatic carbocycles. The Morgan fingerprint density at radius 2 is 1.91 bits per heavy atom. The van der Waals surface area contributed by atoms with E-state index in [0.29, 0.717) is 0 Å². The van der Waals surface area contributed by atoms with Crippen LogP contribution in [-0.4, -0.2) is 23.3 Å². The number of halogens is 3. The molecule has 0 radical (unpaired) electrons. The number of carbonyl (C=O) groups excluding carboxylic acids is 2. The molecule has 1 aromatic rings. The first kappa shape index (κ1) is 18.3. The van der Waals surface area contributed by atoms with Gasteiger partial charge in [0.25, 0.3) is 0 Å². The van der Waals surface area contributed by atoms with Crippen molar-refractivity contribution >= 4 is 35.0 Å². The molecule has 0 aliphatic rings. The van der Waals surface area contributed by atoms with E-state index in [0.717, 1.165) is 24.3 Å². The summed E-state index contributed by atoms with van der Waals surface area (Å²) in [5, 5.41) is 4.55. The topological polar surface area (TPSA) is 58.2 Å². The van der Waals surface area contributed by atoms with Gasteiger partial charge >= 0.3 is 6.18 Å². The number of rotatable bonds is 6. The molecule has 0 saturated carbocycles. The standard InChI is InChI=1S/C14H17F3N2O2S/c1-3-6-22-8-13(21)19-12-5-4-10(18-9(2)20)7-11(12)14(15,16)17/h4-5,7H,3,6,8H2,1-2H3,(H,18,20)(H,19,21). The molecule has 0 aromatic heterocycles. The fourth-order valence-corrected chi connectivity index (χ4v) is 2.35. The summed E-state index contributed by atoms with van der Waals surface area (Å²) < 4.78 is 39.2. The van der Waals surface area contributed by atoms with Crippen molar-refractivity contribution in [2.24, 2.45) is 0 Å². The molecule has 1 rings (SSSR count). The Morgan fingerprint density at radius 3 is 2.45 bits per heavy atom. The van der Waals surface area contributed by atoms with E-state index in [1.807, 2.05) is 6.92 Å². The van der Waals surface area contributed by atoms with Gasteiger partial charge in [-0.3, -0.25) is 9.59 Å². The van der Waals surface area contributed by atoms with Crippen LogP contribution in [0.4, 0.5) is 24.5 Å². The number of carbonyl (C=O) groups is 2. The molecule has 0 unspecified atom stereocenters. The van der Waals surface area contributed by atoms with E-state index in [1.54, 1.807) is 0 Å². The highest BCUT2D eigenvalue weighted by Crippen LogP contribution is 2.36. The number of anilines is 2. The third kappa shape index (κ3) is 5.97. The van der Waals surface area contributed by atoms with Crippen LogP contribution in [-0.2, 0) is 15.8 Å². The van der Waals surface area contributed by atoms with Gasteiger partial charge in [-0.15, -0.1) is 0 Å². The molecule has 0 aliphatic carbocycles. The number of thioether (sulfide) groups is 1. The van der Waals surface area contributed by atoms with Crippen molar-refractivity contribution < 1.29 is 22.8 Å². The number of alkyl halides is 3. The van der Waals surface area contributed by atoms with Gasteiger partial charge < -0.3 is 10.6 Å². The van der Waals surface area contributed by atoms with Crippen molar-refractivity contribution in [1.82, 2.24) is 0 Å². The van der Waals surface area contributed by atoms with Gasteiger partial charge in [0.1, 0.15) is 0 Å². The zero-order chi connectivity index (χ0) is 16.8. The van der Waals surface area contributed by atoms with E-state index >= 15 is 0 Å². The van der Waals surface area contributed by atoms with Crippen molar-refractivity contribution in [3.8, 4) is 0 Å². The maximum Gasteiger partial charge on any atom is 0.418 e. The molecule has 0 saturated heterocycles. The molecule has 2 N–H and O–H groups in total. The molecule has 8 heteroatoms. The van der Waals surface area contributed by atoms with Gasteiger partial charge in [0.2, 0.25) is 11.8 Å². The summed E-state index contributed by atoms with van der Waals surface area (Å²) in [5.74, 6) is -0.100. The van der Waals surface area contributed by atoms with Crippen molar-refractivity contribution in [1.29, 1.82) is 0 Å². The molecular formula is C14H17F3N2O2S. The lowest BCUT2D eigenvalue weighted by molar-refractivity contribution is -0.137. The molecule has 22 heavy (non-hydrogen) atoms. The van der Waals surface area contributed by atoms with Crippen LogP contribution in [0.5, 0.6) is 0 Å². The SMILES string of the molecule is CCCSCC(=O)Nc1ccc(NC(C)=O)cc1C(F)(F)F. The molecule has 0 bridgehead atoms. The van der Waals surface area contributed by atoms with Crippen molar-refractivity contribution in [3.05, 3.63) is 23.8 Å². The summed E-state index contributed by atoms with van der Waals surface area (Å²) in [6.45, 7) is 3.15. The van der Waals surface area contributed by atoms with E-state index in [1.165, 1.54) is 24.8 Å². The highest BCUT2D eigenvalue weighted by Gasteiger charge is 2.34. The maximum absolute atomic E-state index is 13.1. The predicted octanol–water partition coefficient (Wildman–Crippen LogP) is 3.75. The van der Waals surface area contributed by atoms with E-state index < -0.39 is 23.6 Å². The monoisotopic (exact) mass is 334 g/mol. The zero-order valence-electron chi connectivity index (χ0n) is 12.2. The minimum absolute atomic E-state index is 0.0261. The molecule has 0 fully saturated rings. The Balaban J connectivity index is 2.93. The summed E-state index contributed by atoms with van der Waals surface area (Å²) in [6, 6.07) is 3.25. The third-order valence-electron chi connectivity index (χ3n) is 2.50. The van der Waals surface area contributed by atoms with Gasteiger partial charge in [-0.1, -0.05) is 6.92 Å². The van der Waals surface area contributed by atoms with Crippen LogP contribution in [0.3, 0.4) is 0 Å². The van der Waals surface area contributed by atoms with Crippen LogP contribution in [0.2, 0.25) is 0 Å². The van der Waals surface area contributed by atoms with Gasteiger partial charge in [0.15, 0.2) is 0 Å². The van der Waals surface area contributed by atoms with Gasteiger partial charge in [-0.2, -0.15) is 24.9 Å². The average molecular weight is 334 g/mol. The first-order valence-corrected chi connectivity index (χ1v) is 7.76. The Bertz CT molecular complexity index is 547. The van der Waals surface area contributed by atoms with Crippen molar-refractivity contribution in [2.75, 3.05) is 22.1 Å². The van der Waals surface area contributed by atoms with Crippen LogP contribution in [0, 0.1) is 0 Å². The lowest BCUT2D eigenvalue weighted by Gasteiger charge is -2.15. The zero-order valence-corrected chi connectivity index (χ0v) is 13.0. The number of nitrogens with one attached hydrogen (secondary N) is 2. The smallest absolute Gasteiger partial charge is 0.326 e. The van der Waals surface area contributed by atoms with Crippen LogP contribution < -0.4 is 10.6 Å². The molecule has 0 atom stereocenters. The Morgan fingerprint density at radius 1 is 1.23 bits per heavy atom. The quantitative estimate of drug-likeness (QED) is 0.779. The molecule has 0 aliphatic heterocycles. The second kappa shape index (κ2) is 8.07. The fourth-order valence-electron chi connectivity index (χ4n) is 1.66. The lowest BCUT2D eigenvalue weighted by Crippen LogP contribution is -2.19. The molecule has 122 valence electrons. The van der Waals surface area contributed by atoms with E-state index in [9.17, 15) is 22.8 Å². The van der Waals surface area contributed by atoms with Crippen LogP contribution >= 0.6 is 11.8 Å². The largest absolute Gasteiger partial charge is 0.418 e. The number of hydrogen-bond acceptors (Lipinski definition) is 3. The molecule has 0 heterocycles. The minimum atomic E-state index is -4.63. The Kier molecular flexibility index (Phi) is 6.73. The van der Waals surface area contributed by atoms with Crippen LogP contribution in [0.25, 0.3) is 0 Å². The fraction of sp³-hybridized carbons (Fsp3) is 0.429. The van der Waals surface area contributed by atoms with Gasteiger partial charge in [0.05, 0.1) is 17.0 Å². The third-order valence-corrected chi connectivity index (χ3v) is 3.66. The summed E-state index contributed by atoms with van der Waals surface area (Å²) in [6.07, 6.45) is -3.75. The second-order valence-corrected chi connectivity index (χ2v) is 5.65. The number of benzene rings is 1. The average Bonchev–Trinajstić information content (AvgIpc) is 2.39. The maximum atomic E-state index is 13.1. The van der Waals surface area contributed by atoms with E-state index in [-0.39, 0.29) is 17.1 Å². The molecule has 4 nitrogen and oxygen atoms in total. The van der Waals surface area contributed by atoms with Crippen molar-refractivity contribution in [2.45, 2.75) is 26.4 Å². The Hall–Kier alpha value is -1.70. The van der Waals surface area contributed by atoms with E-state index in [2.05, 4.69) is 10.6 Å². The number of amides is 2. The number of hydrogen-bond donors (Lipinski definition) is 2. The summed E-state index contributed by atoms with van der Waals surface area (Å²) in [7, 11) is 0. The van der Waals surface area contributed by atoms with E-state index in [4.69, 9.17) is 0 Å². The van der Waals surface area contributed by atoms with Crippen molar-refractivity contribution in [3.63, 3.8) is 0 Å². The van der Waals surface area contributed by atoms with Crippen LogP contribution in [0.15, 0.2) is 18.2 Å². The molecule has 0 spiro atoms. The predicted molar refractivity (Wildman–Crippen MR) is 82.0 cm³/mol. The normalized spacial score (nSPS) is 11.1. The first-order chi connectivity index (χ1) is 10.2. The van der Waals surface area contributed by atoms with Gasteiger partial charge in [0, 0.05) is 12.6 Å². The summed E-state index contributed by atoms with van der Waals surface area (Å²) in [5.41, 5.74) is -1.28. The van der Waals surface area contributed by atoms with Gasteiger partial charge in [-0.05, 0) is 30.4 Å². The molecular weight excluding hydrogens is 317 g/mol. The van der Waals surface area contributed by atoms with Gasteiger partial charge in [-0.25, -0.2) is 0 Å². The molecule has 2 amide bonds. The minimum Gasteiger partial charge on any atom is -0.326 e. The highest BCUT2D eigenvalue weighted by molar-refractivity contribution is 7.99. The lowest BCUT2D eigenvalue weighted by atomic mass is 10.1. The Labute approximate surface area is 130 Å². The van der Waals surface area contributed by atoms with Crippen LogP contribution in [0.1, 0.15) is 25.8 Å². The second-order valence-electron chi connectivity index (χ2n) is 4.54.